The number of rotatable bonds is 5. The van der Waals surface area contributed by atoms with Crippen LogP contribution in [0.3, 0.4) is 0 Å². The minimum absolute atomic E-state index is 0.115. The number of alkyl halides is 1. The second kappa shape index (κ2) is 7.20. The molecule has 2 heterocycles. The van der Waals surface area contributed by atoms with E-state index < -0.39 is 12.1 Å². The molecule has 0 radical (unpaired) electrons. The zero-order chi connectivity index (χ0) is 20.7. The summed E-state index contributed by atoms with van der Waals surface area (Å²) in [6, 6.07) is 5.40. The molecular formula is C21H20FN5O2. The summed E-state index contributed by atoms with van der Waals surface area (Å²) in [5.41, 5.74) is 8.93. The van der Waals surface area contributed by atoms with Gasteiger partial charge >= 0.3 is 0 Å². The summed E-state index contributed by atoms with van der Waals surface area (Å²) in [7, 11) is 0. The van der Waals surface area contributed by atoms with Crippen LogP contribution in [-0.2, 0) is 4.79 Å². The predicted octanol–water partition coefficient (Wildman–Crippen LogP) is 3.47. The maximum absolute atomic E-state index is 13.1. The van der Waals surface area contributed by atoms with Crippen molar-refractivity contribution in [3.05, 3.63) is 42.1 Å². The number of Topliss-reactive ketones (excluding diaryl/α,β-unsaturated/α-hetero) is 1. The average Bonchev–Trinajstić information content (AvgIpc) is 3.43. The van der Waals surface area contributed by atoms with Crippen molar-refractivity contribution in [3.63, 3.8) is 0 Å². The van der Waals surface area contributed by atoms with Crippen LogP contribution < -0.4 is 11.1 Å². The van der Waals surface area contributed by atoms with Crippen molar-refractivity contribution in [1.82, 2.24) is 15.0 Å². The van der Waals surface area contributed by atoms with Crippen LogP contribution in [0.5, 0.6) is 0 Å². The summed E-state index contributed by atoms with van der Waals surface area (Å²) < 4.78 is 13.1. The molecule has 1 aliphatic rings. The molecule has 4 rings (SSSR count). The summed E-state index contributed by atoms with van der Waals surface area (Å²) >= 11 is 0. The second-order valence-corrected chi connectivity index (χ2v) is 7.17. The molecule has 0 unspecified atom stereocenters. The summed E-state index contributed by atoms with van der Waals surface area (Å²) in [5.74, 6) is -0.532. The van der Waals surface area contributed by atoms with Gasteiger partial charge in [0.15, 0.2) is 11.6 Å². The lowest BCUT2D eigenvalue weighted by molar-refractivity contribution is -0.117. The number of aryl methyl sites for hydroxylation is 1. The van der Waals surface area contributed by atoms with Crippen molar-refractivity contribution in [2.45, 2.75) is 32.9 Å². The molecule has 1 saturated carbocycles. The van der Waals surface area contributed by atoms with Crippen molar-refractivity contribution >= 4 is 34.0 Å². The normalized spacial score (nSPS) is 17.9. The number of halogens is 1. The molecule has 3 aromatic rings. The molecule has 1 aromatic carbocycles. The molecule has 8 heteroatoms. The highest BCUT2D eigenvalue weighted by Crippen LogP contribution is 2.35. The van der Waals surface area contributed by atoms with E-state index in [1.54, 1.807) is 31.5 Å². The van der Waals surface area contributed by atoms with Crippen LogP contribution in [0.15, 0.2) is 30.6 Å². The highest BCUT2D eigenvalue weighted by Gasteiger charge is 2.43. The summed E-state index contributed by atoms with van der Waals surface area (Å²) in [4.78, 5) is 36.5. The monoisotopic (exact) mass is 393 g/mol. The van der Waals surface area contributed by atoms with Gasteiger partial charge in [0.25, 0.3) is 0 Å². The lowest BCUT2D eigenvalue weighted by Crippen LogP contribution is -2.15. The van der Waals surface area contributed by atoms with Crippen LogP contribution in [0.4, 0.5) is 15.9 Å². The molecule has 1 aliphatic carbocycles. The SMILES string of the molecule is CCC(=O)c1ncc(-c2cc(N)c3cnc(NC(=O)[C@H]4C[C@H]4F)cc3c2)c(C)n1. The maximum atomic E-state index is 13.1. The van der Waals surface area contributed by atoms with Gasteiger partial charge in [0, 0.05) is 41.1 Å². The number of pyridine rings is 1. The topological polar surface area (TPSA) is 111 Å². The quantitative estimate of drug-likeness (QED) is 0.507. The van der Waals surface area contributed by atoms with E-state index in [-0.39, 0.29) is 23.9 Å². The molecule has 0 saturated heterocycles. The third-order valence-electron chi connectivity index (χ3n) is 5.03. The molecule has 1 fully saturated rings. The van der Waals surface area contributed by atoms with Gasteiger partial charge in [-0.25, -0.2) is 19.3 Å². The van der Waals surface area contributed by atoms with Gasteiger partial charge in [-0.3, -0.25) is 9.59 Å². The van der Waals surface area contributed by atoms with E-state index in [9.17, 15) is 14.0 Å². The van der Waals surface area contributed by atoms with Crippen LogP contribution in [0.25, 0.3) is 21.9 Å². The molecule has 0 spiro atoms. The Morgan fingerprint density at radius 2 is 2.00 bits per heavy atom. The van der Waals surface area contributed by atoms with Gasteiger partial charge in [-0.05, 0) is 42.5 Å². The Hall–Kier alpha value is -3.42. The number of hydrogen-bond donors (Lipinski definition) is 2. The third kappa shape index (κ3) is 3.65. The Bertz CT molecular complexity index is 1150. The first-order chi connectivity index (χ1) is 13.9. The fraction of sp³-hybridized carbons (Fsp3) is 0.286. The van der Waals surface area contributed by atoms with Crippen LogP contribution in [0.1, 0.15) is 36.1 Å². The fourth-order valence-corrected chi connectivity index (χ4v) is 3.21. The molecule has 0 aliphatic heterocycles. The van der Waals surface area contributed by atoms with Crippen molar-refractivity contribution in [1.29, 1.82) is 0 Å². The number of carbonyl (C=O) groups is 2. The van der Waals surface area contributed by atoms with Gasteiger partial charge in [-0.15, -0.1) is 0 Å². The molecule has 3 N–H and O–H groups in total. The first kappa shape index (κ1) is 18.9. The van der Waals surface area contributed by atoms with Crippen molar-refractivity contribution in [2.75, 3.05) is 11.1 Å². The Morgan fingerprint density at radius 1 is 1.24 bits per heavy atom. The zero-order valence-electron chi connectivity index (χ0n) is 16.1. The van der Waals surface area contributed by atoms with Crippen LogP contribution in [0.2, 0.25) is 0 Å². The second-order valence-electron chi connectivity index (χ2n) is 7.17. The Labute approximate surface area is 166 Å². The van der Waals surface area contributed by atoms with Crippen LogP contribution in [-0.4, -0.2) is 32.8 Å². The molecule has 2 aromatic heterocycles. The van der Waals surface area contributed by atoms with E-state index in [1.807, 2.05) is 13.0 Å². The number of carbonyl (C=O) groups excluding carboxylic acids is 2. The van der Waals surface area contributed by atoms with E-state index in [2.05, 4.69) is 20.3 Å². The molecule has 0 bridgehead atoms. The Kier molecular flexibility index (Phi) is 4.70. The molecule has 1 amide bonds. The number of benzene rings is 1. The standard InChI is InChI=1S/C21H20FN5O2/c1-3-18(28)20-25-8-14(10(2)26-20)11-4-12-6-19(24-9-15(12)17(23)5-11)27-21(29)13-7-16(13)22/h4-6,8-9,13,16H,3,7,23H2,1-2H3,(H,24,27,29)/t13-,16+/m0/s1. The van der Waals surface area contributed by atoms with E-state index in [0.717, 1.165) is 21.9 Å². The maximum Gasteiger partial charge on any atom is 0.231 e. The number of nitrogens with zero attached hydrogens (tertiary/aromatic N) is 3. The highest BCUT2D eigenvalue weighted by molar-refractivity contribution is 6.00. The van der Waals surface area contributed by atoms with Gasteiger partial charge in [-0.2, -0.15) is 0 Å². The lowest BCUT2D eigenvalue weighted by Gasteiger charge is -2.11. The highest BCUT2D eigenvalue weighted by atomic mass is 19.1. The van der Waals surface area contributed by atoms with Crippen LogP contribution in [0, 0.1) is 12.8 Å². The summed E-state index contributed by atoms with van der Waals surface area (Å²) in [5, 5.41) is 4.15. The first-order valence-corrected chi connectivity index (χ1v) is 9.38. The summed E-state index contributed by atoms with van der Waals surface area (Å²) in [6.45, 7) is 3.57. The van der Waals surface area contributed by atoms with Gasteiger partial charge in [0.05, 0.1) is 5.92 Å². The Balaban J connectivity index is 1.70. The summed E-state index contributed by atoms with van der Waals surface area (Å²) in [6.07, 6.45) is 2.73. The minimum atomic E-state index is -1.07. The molecule has 7 nitrogen and oxygen atoms in total. The Morgan fingerprint density at radius 3 is 2.66 bits per heavy atom. The fourth-order valence-electron chi connectivity index (χ4n) is 3.21. The number of nitrogens with one attached hydrogen (secondary N) is 1. The number of anilines is 2. The number of amides is 1. The molecule has 29 heavy (non-hydrogen) atoms. The third-order valence-corrected chi connectivity index (χ3v) is 5.03. The van der Waals surface area contributed by atoms with Crippen molar-refractivity contribution < 1.29 is 14.0 Å². The number of nitrogen functional groups attached to an aromatic ring is 1. The van der Waals surface area contributed by atoms with E-state index >= 15 is 0 Å². The minimum Gasteiger partial charge on any atom is -0.398 e. The van der Waals surface area contributed by atoms with Gasteiger partial charge in [-0.1, -0.05) is 6.92 Å². The van der Waals surface area contributed by atoms with Gasteiger partial charge in [0.2, 0.25) is 5.91 Å². The number of hydrogen-bond acceptors (Lipinski definition) is 6. The average molecular weight is 393 g/mol. The van der Waals surface area contributed by atoms with Gasteiger partial charge in [0.1, 0.15) is 12.0 Å². The van der Waals surface area contributed by atoms with Crippen molar-refractivity contribution in [3.8, 4) is 11.1 Å². The van der Waals surface area contributed by atoms with Gasteiger partial charge < -0.3 is 11.1 Å². The largest absolute Gasteiger partial charge is 0.398 e. The van der Waals surface area contributed by atoms with E-state index in [0.29, 0.717) is 23.6 Å². The molecular weight excluding hydrogens is 373 g/mol. The van der Waals surface area contributed by atoms with Crippen LogP contribution >= 0.6 is 0 Å². The smallest absolute Gasteiger partial charge is 0.231 e. The molecule has 148 valence electrons. The predicted molar refractivity (Wildman–Crippen MR) is 108 cm³/mol. The van der Waals surface area contributed by atoms with E-state index in [4.69, 9.17) is 5.73 Å². The van der Waals surface area contributed by atoms with E-state index in [1.165, 1.54) is 0 Å². The number of nitrogens with two attached hydrogens (primary N) is 1. The lowest BCUT2D eigenvalue weighted by atomic mass is 10.0. The first-order valence-electron chi connectivity index (χ1n) is 9.38. The number of aromatic nitrogens is 3. The number of ketones is 1. The number of fused-ring (bicyclic) bond motifs is 1. The molecule has 2 atom stereocenters. The van der Waals surface area contributed by atoms with Crippen molar-refractivity contribution in [2.24, 2.45) is 5.92 Å². The zero-order valence-corrected chi connectivity index (χ0v) is 16.1.